The van der Waals surface area contributed by atoms with Crippen molar-refractivity contribution in [3.63, 3.8) is 0 Å². The first-order valence-electron chi connectivity index (χ1n) is 5.96. The minimum atomic E-state index is 0.746. The van der Waals surface area contributed by atoms with Gasteiger partial charge in [0, 0.05) is 36.2 Å². The van der Waals surface area contributed by atoms with E-state index in [-0.39, 0.29) is 0 Å². The lowest BCUT2D eigenvalue weighted by Crippen LogP contribution is -2.30. The number of piperidine rings is 1. The number of halogens is 1. The van der Waals surface area contributed by atoms with E-state index in [0.29, 0.717) is 0 Å². The number of ether oxygens (including phenoxy) is 1. The summed E-state index contributed by atoms with van der Waals surface area (Å²) >= 11 is 5.45. The third-order valence-electron chi connectivity index (χ3n) is 3.04. The maximum absolute atomic E-state index is 5.22. The molecule has 1 aromatic carbocycles. The lowest BCUT2D eigenvalue weighted by Gasteiger charge is -2.30. The second-order valence-corrected chi connectivity index (χ2v) is 6.34. The Morgan fingerprint density at radius 2 is 2.06 bits per heavy atom. The summed E-state index contributed by atoms with van der Waals surface area (Å²) in [5, 5.41) is 0. The summed E-state index contributed by atoms with van der Waals surface area (Å²) < 4.78 is 8.86. The van der Waals surface area contributed by atoms with Crippen LogP contribution in [0.3, 0.4) is 0 Å². The Kier molecular flexibility index (Phi) is 5.35. The van der Waals surface area contributed by atoms with Crippen LogP contribution in [0.25, 0.3) is 0 Å². The number of nitrogens with zero attached hydrogens (tertiary/aromatic N) is 1. The van der Waals surface area contributed by atoms with E-state index in [1.54, 1.807) is 7.11 Å². The van der Waals surface area contributed by atoms with Gasteiger partial charge in [-0.25, -0.2) is 4.31 Å². The molecule has 2 nitrogen and oxygen atoms in total. The van der Waals surface area contributed by atoms with Crippen LogP contribution in [0.5, 0.6) is 0 Å². The zero-order chi connectivity index (χ0) is 12.1. The van der Waals surface area contributed by atoms with E-state index in [1.165, 1.54) is 22.2 Å². The van der Waals surface area contributed by atoms with Crippen LogP contribution in [0.2, 0.25) is 0 Å². The second kappa shape index (κ2) is 6.78. The molecule has 0 aliphatic carbocycles. The molecular formula is C13H18BrNOS. The first kappa shape index (κ1) is 13.4. The molecule has 0 spiro atoms. The van der Waals surface area contributed by atoms with Crippen LogP contribution in [-0.2, 0) is 4.74 Å². The van der Waals surface area contributed by atoms with E-state index in [4.69, 9.17) is 4.74 Å². The maximum atomic E-state index is 5.22. The number of rotatable bonds is 4. The Morgan fingerprint density at radius 3 is 2.71 bits per heavy atom. The maximum Gasteiger partial charge on any atom is 0.0491 e. The van der Waals surface area contributed by atoms with Crippen molar-refractivity contribution < 1.29 is 4.74 Å². The smallest absolute Gasteiger partial charge is 0.0491 e. The molecule has 1 fully saturated rings. The molecule has 1 saturated heterocycles. The monoisotopic (exact) mass is 315 g/mol. The molecule has 1 aliphatic heterocycles. The van der Waals surface area contributed by atoms with E-state index in [1.807, 2.05) is 11.9 Å². The van der Waals surface area contributed by atoms with Crippen LogP contribution in [0.15, 0.2) is 33.6 Å². The number of methoxy groups -OCH3 is 1. The SMILES string of the molecule is COCC1CCN(Sc2ccccc2Br)CC1. The summed E-state index contributed by atoms with van der Waals surface area (Å²) in [5.74, 6) is 0.746. The molecule has 0 bridgehead atoms. The number of benzene rings is 1. The Bertz CT molecular complexity index is 353. The van der Waals surface area contributed by atoms with Crippen molar-refractivity contribution in [2.24, 2.45) is 5.92 Å². The molecule has 1 heterocycles. The van der Waals surface area contributed by atoms with E-state index < -0.39 is 0 Å². The first-order valence-corrected chi connectivity index (χ1v) is 7.52. The van der Waals surface area contributed by atoms with Crippen LogP contribution in [0.4, 0.5) is 0 Å². The third kappa shape index (κ3) is 3.98. The van der Waals surface area contributed by atoms with Crippen molar-refractivity contribution in [3.05, 3.63) is 28.7 Å². The van der Waals surface area contributed by atoms with Gasteiger partial charge in [-0.3, -0.25) is 0 Å². The van der Waals surface area contributed by atoms with Gasteiger partial charge in [-0.05, 0) is 58.8 Å². The number of hydrogen-bond donors (Lipinski definition) is 0. The summed E-state index contributed by atoms with van der Waals surface area (Å²) in [6.45, 7) is 3.22. The molecule has 0 N–H and O–H groups in total. The molecule has 0 unspecified atom stereocenters. The molecule has 0 radical (unpaired) electrons. The molecule has 0 atom stereocenters. The average Bonchev–Trinajstić information content (AvgIpc) is 2.35. The predicted molar refractivity (Wildman–Crippen MR) is 76.2 cm³/mol. The van der Waals surface area contributed by atoms with Gasteiger partial charge in [0.1, 0.15) is 0 Å². The molecule has 0 aromatic heterocycles. The molecule has 1 aromatic rings. The van der Waals surface area contributed by atoms with Gasteiger partial charge in [-0.1, -0.05) is 12.1 Å². The highest BCUT2D eigenvalue weighted by molar-refractivity contribution is 9.10. The van der Waals surface area contributed by atoms with Crippen molar-refractivity contribution in [1.82, 2.24) is 4.31 Å². The number of hydrogen-bond acceptors (Lipinski definition) is 3. The van der Waals surface area contributed by atoms with E-state index in [2.05, 4.69) is 44.5 Å². The Balaban J connectivity index is 1.84. The van der Waals surface area contributed by atoms with Crippen molar-refractivity contribution >= 4 is 27.9 Å². The first-order chi connectivity index (χ1) is 8.29. The average molecular weight is 316 g/mol. The molecule has 0 amide bonds. The van der Waals surface area contributed by atoms with Gasteiger partial charge in [0.25, 0.3) is 0 Å². The standard InChI is InChI=1S/C13H18BrNOS/c1-16-10-11-6-8-15(9-7-11)17-13-5-3-2-4-12(13)14/h2-5,11H,6-10H2,1H3. The minimum absolute atomic E-state index is 0.746. The summed E-state index contributed by atoms with van der Waals surface area (Å²) in [6, 6.07) is 8.40. The predicted octanol–water partition coefficient (Wildman–Crippen LogP) is 3.81. The zero-order valence-corrected chi connectivity index (χ0v) is 12.5. The molecule has 94 valence electrons. The van der Waals surface area contributed by atoms with E-state index in [0.717, 1.165) is 25.6 Å². The third-order valence-corrected chi connectivity index (χ3v) is 5.17. The van der Waals surface area contributed by atoms with Crippen LogP contribution in [0.1, 0.15) is 12.8 Å². The summed E-state index contributed by atoms with van der Waals surface area (Å²) in [6.07, 6.45) is 2.48. The van der Waals surface area contributed by atoms with E-state index in [9.17, 15) is 0 Å². The largest absolute Gasteiger partial charge is 0.384 e. The van der Waals surface area contributed by atoms with Gasteiger partial charge in [-0.2, -0.15) is 0 Å². The van der Waals surface area contributed by atoms with Crippen molar-refractivity contribution in [2.75, 3.05) is 26.8 Å². The highest BCUT2D eigenvalue weighted by Gasteiger charge is 2.20. The summed E-state index contributed by atoms with van der Waals surface area (Å²) in [4.78, 5) is 1.30. The summed E-state index contributed by atoms with van der Waals surface area (Å²) in [7, 11) is 1.79. The lowest BCUT2D eigenvalue weighted by atomic mass is 9.99. The van der Waals surface area contributed by atoms with Gasteiger partial charge < -0.3 is 4.74 Å². The summed E-state index contributed by atoms with van der Waals surface area (Å²) in [5.41, 5.74) is 0. The Morgan fingerprint density at radius 1 is 1.35 bits per heavy atom. The molecule has 2 rings (SSSR count). The molecule has 1 aliphatic rings. The Hall–Kier alpha value is -0.0300. The highest BCUT2D eigenvalue weighted by atomic mass is 79.9. The van der Waals surface area contributed by atoms with Gasteiger partial charge in [0.05, 0.1) is 0 Å². The highest BCUT2D eigenvalue weighted by Crippen LogP contribution is 2.32. The van der Waals surface area contributed by atoms with Crippen LogP contribution in [-0.4, -0.2) is 31.1 Å². The lowest BCUT2D eigenvalue weighted by molar-refractivity contribution is 0.123. The van der Waals surface area contributed by atoms with Crippen LogP contribution in [0, 0.1) is 5.92 Å². The molecular weight excluding hydrogens is 298 g/mol. The van der Waals surface area contributed by atoms with E-state index >= 15 is 0 Å². The normalized spacial score (nSPS) is 18.5. The van der Waals surface area contributed by atoms with Gasteiger partial charge in [0.2, 0.25) is 0 Å². The van der Waals surface area contributed by atoms with Gasteiger partial charge >= 0.3 is 0 Å². The van der Waals surface area contributed by atoms with Crippen molar-refractivity contribution in [1.29, 1.82) is 0 Å². The molecule has 17 heavy (non-hydrogen) atoms. The van der Waals surface area contributed by atoms with Crippen LogP contribution >= 0.6 is 27.9 Å². The minimum Gasteiger partial charge on any atom is -0.384 e. The van der Waals surface area contributed by atoms with Crippen molar-refractivity contribution in [3.8, 4) is 0 Å². The Labute approximate surface area is 116 Å². The second-order valence-electron chi connectivity index (χ2n) is 4.35. The van der Waals surface area contributed by atoms with Gasteiger partial charge in [-0.15, -0.1) is 0 Å². The fraction of sp³-hybridized carbons (Fsp3) is 0.538. The fourth-order valence-corrected chi connectivity index (χ4v) is 3.53. The molecule has 0 saturated carbocycles. The zero-order valence-electron chi connectivity index (χ0n) is 10.1. The van der Waals surface area contributed by atoms with Gasteiger partial charge in [0.15, 0.2) is 0 Å². The topological polar surface area (TPSA) is 12.5 Å². The van der Waals surface area contributed by atoms with Crippen molar-refractivity contribution in [2.45, 2.75) is 17.7 Å². The quantitative estimate of drug-likeness (QED) is 0.784. The van der Waals surface area contributed by atoms with Crippen LogP contribution < -0.4 is 0 Å². The molecule has 4 heteroatoms. The fourth-order valence-electron chi connectivity index (χ4n) is 2.06.